The highest BCUT2D eigenvalue weighted by atomic mass is 16.5. The summed E-state index contributed by atoms with van der Waals surface area (Å²) in [7, 11) is 1.65. The van der Waals surface area contributed by atoms with Gasteiger partial charge < -0.3 is 19.7 Å². The van der Waals surface area contributed by atoms with Crippen molar-refractivity contribution in [2.24, 2.45) is 0 Å². The SMILES string of the molecule is COc1ccc(OCCNc2nc(C)cc(N3CCCC3)n2)cc1. The lowest BCUT2D eigenvalue weighted by atomic mass is 10.3. The van der Waals surface area contributed by atoms with Crippen LogP contribution in [0.5, 0.6) is 11.5 Å². The number of nitrogens with one attached hydrogen (secondary N) is 1. The van der Waals surface area contributed by atoms with Crippen molar-refractivity contribution in [2.45, 2.75) is 19.8 Å². The van der Waals surface area contributed by atoms with Crippen molar-refractivity contribution in [1.29, 1.82) is 0 Å². The van der Waals surface area contributed by atoms with E-state index in [9.17, 15) is 0 Å². The minimum atomic E-state index is 0.544. The first-order valence-electron chi connectivity index (χ1n) is 8.36. The Kier molecular flexibility index (Phi) is 5.36. The van der Waals surface area contributed by atoms with E-state index in [1.807, 2.05) is 37.3 Å². The van der Waals surface area contributed by atoms with Crippen LogP contribution in [0.4, 0.5) is 11.8 Å². The average molecular weight is 328 g/mol. The van der Waals surface area contributed by atoms with E-state index >= 15 is 0 Å². The summed E-state index contributed by atoms with van der Waals surface area (Å²) < 4.78 is 10.8. The molecule has 0 radical (unpaired) electrons. The van der Waals surface area contributed by atoms with Crippen LogP contribution in [0.25, 0.3) is 0 Å². The molecule has 1 fully saturated rings. The van der Waals surface area contributed by atoms with Crippen molar-refractivity contribution in [3.8, 4) is 11.5 Å². The van der Waals surface area contributed by atoms with Gasteiger partial charge in [0.1, 0.15) is 23.9 Å². The summed E-state index contributed by atoms with van der Waals surface area (Å²) in [6.45, 7) is 5.35. The van der Waals surface area contributed by atoms with Gasteiger partial charge in [-0.3, -0.25) is 0 Å². The van der Waals surface area contributed by atoms with Crippen molar-refractivity contribution in [3.63, 3.8) is 0 Å². The molecule has 0 amide bonds. The van der Waals surface area contributed by atoms with Gasteiger partial charge in [0.25, 0.3) is 0 Å². The molecule has 0 bridgehead atoms. The summed E-state index contributed by atoms with van der Waals surface area (Å²) in [4.78, 5) is 11.4. The van der Waals surface area contributed by atoms with Gasteiger partial charge in [-0.25, -0.2) is 4.98 Å². The third-order valence-corrected chi connectivity index (χ3v) is 3.98. The first kappa shape index (κ1) is 16.4. The number of hydrogen-bond acceptors (Lipinski definition) is 6. The third kappa shape index (κ3) is 4.28. The van der Waals surface area contributed by atoms with E-state index in [0.29, 0.717) is 19.1 Å². The standard InChI is InChI=1S/C18H24N4O2/c1-14-13-17(22-10-3-4-11-22)21-18(20-14)19-9-12-24-16-7-5-15(23-2)6-8-16/h5-8,13H,3-4,9-12H2,1-2H3,(H,19,20,21). The van der Waals surface area contributed by atoms with Crippen molar-refractivity contribution < 1.29 is 9.47 Å². The molecular weight excluding hydrogens is 304 g/mol. The van der Waals surface area contributed by atoms with Gasteiger partial charge in [0, 0.05) is 24.8 Å². The van der Waals surface area contributed by atoms with Crippen molar-refractivity contribution in [1.82, 2.24) is 9.97 Å². The molecule has 3 rings (SSSR count). The zero-order valence-electron chi connectivity index (χ0n) is 14.3. The molecule has 6 nitrogen and oxygen atoms in total. The molecule has 128 valence electrons. The molecule has 0 unspecified atom stereocenters. The van der Waals surface area contributed by atoms with Crippen LogP contribution in [0.3, 0.4) is 0 Å². The number of rotatable bonds is 7. The number of aromatic nitrogens is 2. The number of hydrogen-bond donors (Lipinski definition) is 1. The van der Waals surface area contributed by atoms with E-state index < -0.39 is 0 Å². The highest BCUT2D eigenvalue weighted by molar-refractivity contribution is 5.45. The van der Waals surface area contributed by atoms with Crippen molar-refractivity contribution in [2.75, 3.05) is 43.6 Å². The van der Waals surface area contributed by atoms with Crippen LogP contribution in [0.15, 0.2) is 30.3 Å². The maximum absolute atomic E-state index is 5.70. The molecule has 0 saturated carbocycles. The normalized spacial score (nSPS) is 13.8. The second kappa shape index (κ2) is 7.86. The van der Waals surface area contributed by atoms with Crippen LogP contribution in [0.1, 0.15) is 18.5 Å². The average Bonchev–Trinajstić information content (AvgIpc) is 3.13. The fourth-order valence-electron chi connectivity index (χ4n) is 2.74. The van der Waals surface area contributed by atoms with Crippen LogP contribution in [-0.4, -0.2) is 43.3 Å². The van der Waals surface area contributed by atoms with E-state index in [4.69, 9.17) is 9.47 Å². The Hall–Kier alpha value is -2.50. The van der Waals surface area contributed by atoms with Gasteiger partial charge in [-0.15, -0.1) is 0 Å². The van der Waals surface area contributed by atoms with Crippen LogP contribution in [0, 0.1) is 6.92 Å². The lowest BCUT2D eigenvalue weighted by molar-refractivity contribution is 0.331. The Balaban J connectivity index is 1.50. The van der Waals surface area contributed by atoms with Crippen LogP contribution < -0.4 is 19.7 Å². The van der Waals surface area contributed by atoms with Gasteiger partial charge >= 0.3 is 0 Å². The maximum Gasteiger partial charge on any atom is 0.224 e. The van der Waals surface area contributed by atoms with E-state index in [1.54, 1.807) is 7.11 Å². The minimum absolute atomic E-state index is 0.544. The number of aryl methyl sites for hydroxylation is 1. The zero-order valence-corrected chi connectivity index (χ0v) is 14.3. The second-order valence-corrected chi connectivity index (χ2v) is 5.84. The molecule has 0 aliphatic carbocycles. The summed E-state index contributed by atoms with van der Waals surface area (Å²) in [5, 5.41) is 3.24. The summed E-state index contributed by atoms with van der Waals surface area (Å²) in [5.41, 5.74) is 0.977. The molecule has 1 aliphatic heterocycles. The van der Waals surface area contributed by atoms with Crippen molar-refractivity contribution >= 4 is 11.8 Å². The molecule has 0 spiro atoms. The second-order valence-electron chi connectivity index (χ2n) is 5.84. The topological polar surface area (TPSA) is 59.5 Å². The highest BCUT2D eigenvalue weighted by Crippen LogP contribution is 2.20. The van der Waals surface area contributed by atoms with E-state index in [1.165, 1.54) is 12.8 Å². The number of benzene rings is 1. The Labute approximate surface area is 142 Å². The first-order chi connectivity index (χ1) is 11.7. The molecule has 1 aliphatic rings. The Bertz CT molecular complexity index is 655. The molecule has 1 N–H and O–H groups in total. The molecule has 24 heavy (non-hydrogen) atoms. The molecule has 1 aromatic carbocycles. The molecule has 1 aromatic heterocycles. The highest BCUT2D eigenvalue weighted by Gasteiger charge is 2.14. The lowest BCUT2D eigenvalue weighted by Gasteiger charge is -2.17. The van der Waals surface area contributed by atoms with E-state index in [2.05, 4.69) is 20.2 Å². The fourth-order valence-corrected chi connectivity index (χ4v) is 2.74. The Morgan fingerprint density at radius 3 is 2.50 bits per heavy atom. The molecule has 6 heteroatoms. The first-order valence-corrected chi connectivity index (χ1v) is 8.36. The predicted molar refractivity (Wildman–Crippen MR) is 95.2 cm³/mol. The third-order valence-electron chi connectivity index (χ3n) is 3.98. The fraction of sp³-hybridized carbons (Fsp3) is 0.444. The number of methoxy groups -OCH3 is 1. The van der Waals surface area contributed by atoms with Crippen LogP contribution >= 0.6 is 0 Å². The number of ether oxygens (including phenoxy) is 2. The Morgan fingerprint density at radius 2 is 1.79 bits per heavy atom. The van der Waals surface area contributed by atoms with Crippen LogP contribution in [-0.2, 0) is 0 Å². The van der Waals surface area contributed by atoms with Gasteiger partial charge in [0.2, 0.25) is 5.95 Å². The quantitative estimate of drug-likeness (QED) is 0.789. The maximum atomic E-state index is 5.70. The van der Waals surface area contributed by atoms with E-state index in [-0.39, 0.29) is 0 Å². The van der Waals surface area contributed by atoms with Crippen molar-refractivity contribution in [3.05, 3.63) is 36.0 Å². The van der Waals surface area contributed by atoms with Gasteiger partial charge in [0.15, 0.2) is 0 Å². The van der Waals surface area contributed by atoms with E-state index in [0.717, 1.165) is 36.1 Å². The monoisotopic (exact) mass is 328 g/mol. The van der Waals surface area contributed by atoms with Gasteiger partial charge in [0.05, 0.1) is 13.7 Å². The van der Waals surface area contributed by atoms with Gasteiger partial charge in [-0.05, 0) is 44.0 Å². The summed E-state index contributed by atoms with van der Waals surface area (Å²) in [6, 6.07) is 9.61. The number of nitrogens with zero attached hydrogens (tertiary/aromatic N) is 3. The largest absolute Gasteiger partial charge is 0.497 e. The molecule has 1 saturated heterocycles. The van der Waals surface area contributed by atoms with Gasteiger partial charge in [-0.2, -0.15) is 4.98 Å². The molecular formula is C18H24N4O2. The lowest BCUT2D eigenvalue weighted by Crippen LogP contribution is -2.21. The van der Waals surface area contributed by atoms with Gasteiger partial charge in [-0.1, -0.05) is 0 Å². The minimum Gasteiger partial charge on any atom is -0.497 e. The summed E-state index contributed by atoms with van der Waals surface area (Å²) in [5.74, 6) is 3.32. The predicted octanol–water partition coefficient (Wildman–Crippen LogP) is 2.88. The molecule has 2 aromatic rings. The Morgan fingerprint density at radius 1 is 1.08 bits per heavy atom. The molecule has 2 heterocycles. The zero-order chi connectivity index (χ0) is 16.8. The smallest absolute Gasteiger partial charge is 0.224 e. The summed E-state index contributed by atoms with van der Waals surface area (Å²) in [6.07, 6.45) is 2.48. The van der Waals surface area contributed by atoms with Crippen LogP contribution in [0.2, 0.25) is 0 Å². The summed E-state index contributed by atoms with van der Waals surface area (Å²) >= 11 is 0. The molecule has 0 atom stereocenters. The number of anilines is 2.